The molecule has 0 bridgehead atoms. The molecule has 6 heteroatoms. The lowest BCUT2D eigenvalue weighted by molar-refractivity contribution is 0.0944. The second-order valence-corrected chi connectivity index (χ2v) is 9.36. The van der Waals surface area contributed by atoms with Crippen molar-refractivity contribution in [1.82, 2.24) is 19.7 Å². The van der Waals surface area contributed by atoms with Gasteiger partial charge in [-0.25, -0.2) is 9.97 Å². The number of amides is 1. The molecule has 5 rings (SSSR count). The minimum atomic E-state index is -0.104. The molecule has 0 radical (unpaired) electrons. The van der Waals surface area contributed by atoms with Crippen LogP contribution in [0.15, 0.2) is 42.6 Å². The van der Waals surface area contributed by atoms with E-state index < -0.39 is 0 Å². The topological polar surface area (TPSA) is 62.5 Å². The first-order chi connectivity index (χ1) is 14.9. The molecule has 0 aliphatic carbocycles. The fourth-order valence-corrected chi connectivity index (χ4v) is 5.04. The number of pyridine rings is 2. The van der Waals surface area contributed by atoms with E-state index >= 15 is 0 Å². The molecule has 1 amide bonds. The minimum Gasteiger partial charge on any atom is -0.370 e. The number of imidazole rings is 1. The summed E-state index contributed by atoms with van der Waals surface area (Å²) in [6.07, 6.45) is 3.13. The summed E-state index contributed by atoms with van der Waals surface area (Å²) >= 11 is 0. The summed E-state index contributed by atoms with van der Waals surface area (Å²) in [5.74, 6) is 1.16. The van der Waals surface area contributed by atoms with Gasteiger partial charge in [-0.2, -0.15) is 0 Å². The third kappa shape index (κ3) is 3.40. The van der Waals surface area contributed by atoms with Crippen molar-refractivity contribution in [3.8, 4) is 0 Å². The molecule has 31 heavy (non-hydrogen) atoms. The first-order valence-corrected chi connectivity index (χ1v) is 11.2. The smallest absolute Gasteiger partial charge is 0.255 e. The van der Waals surface area contributed by atoms with Gasteiger partial charge in [0.15, 0.2) is 5.65 Å². The third-order valence-corrected chi connectivity index (χ3v) is 6.12. The van der Waals surface area contributed by atoms with Crippen molar-refractivity contribution in [3.63, 3.8) is 0 Å². The number of carbonyl (C=O) groups excluding carboxylic acids is 1. The number of para-hydroxylation sites is 2. The van der Waals surface area contributed by atoms with Crippen LogP contribution >= 0.6 is 0 Å². The first-order valence-electron chi connectivity index (χ1n) is 11.2. The number of benzene rings is 1. The van der Waals surface area contributed by atoms with Crippen LogP contribution in [0.5, 0.6) is 0 Å². The maximum absolute atomic E-state index is 13.2. The quantitative estimate of drug-likeness (QED) is 0.529. The molecule has 160 valence electrons. The van der Waals surface area contributed by atoms with Gasteiger partial charge in [-0.15, -0.1) is 0 Å². The summed E-state index contributed by atoms with van der Waals surface area (Å²) in [6.45, 7) is 10.6. The number of rotatable bonds is 3. The first kappa shape index (κ1) is 19.8. The molecule has 6 nitrogen and oxygen atoms in total. The lowest BCUT2D eigenvalue weighted by Crippen LogP contribution is -2.38. The number of carbonyl (C=O) groups is 1. The third-order valence-electron chi connectivity index (χ3n) is 6.12. The zero-order chi connectivity index (χ0) is 21.7. The number of hydrogen-bond donors (Lipinski definition) is 1. The summed E-state index contributed by atoms with van der Waals surface area (Å²) in [6, 6.07) is 12.1. The van der Waals surface area contributed by atoms with E-state index in [1.54, 1.807) is 0 Å². The van der Waals surface area contributed by atoms with Gasteiger partial charge in [-0.1, -0.05) is 26.0 Å². The Morgan fingerprint density at radius 1 is 1.10 bits per heavy atom. The number of nitrogens with one attached hydrogen (secondary N) is 1. The van der Waals surface area contributed by atoms with Gasteiger partial charge in [0, 0.05) is 36.4 Å². The molecule has 0 spiro atoms. The van der Waals surface area contributed by atoms with Crippen LogP contribution in [0.25, 0.3) is 27.7 Å². The predicted octanol–water partition coefficient (Wildman–Crippen LogP) is 4.66. The molecule has 0 saturated carbocycles. The molecular weight excluding hydrogens is 386 g/mol. The van der Waals surface area contributed by atoms with Gasteiger partial charge in [-0.05, 0) is 56.4 Å². The van der Waals surface area contributed by atoms with E-state index in [1.807, 2.05) is 54.8 Å². The molecule has 2 atom stereocenters. The summed E-state index contributed by atoms with van der Waals surface area (Å²) < 4.78 is 2.04. The normalized spacial score (nSPS) is 19.6. The Morgan fingerprint density at radius 3 is 2.58 bits per heavy atom. The van der Waals surface area contributed by atoms with Gasteiger partial charge in [0.25, 0.3) is 5.91 Å². The van der Waals surface area contributed by atoms with Gasteiger partial charge in [0.05, 0.1) is 16.6 Å². The number of nitrogens with zero attached hydrogens (tertiary/aromatic N) is 4. The molecule has 1 aliphatic rings. The molecule has 1 saturated heterocycles. The standard InChI is InChI=1S/C25H29N5O/c1-15(2)27-25(31)19-12-18-21(29-13-16(3)11-17(4)14-29)9-10-26-23(18)30-22-8-6-5-7-20(22)28-24(19)30/h5-10,12,15-17H,11,13-14H2,1-4H3,(H,27,31)/t16-,17+. The van der Waals surface area contributed by atoms with E-state index in [0.717, 1.165) is 40.8 Å². The highest BCUT2D eigenvalue weighted by Crippen LogP contribution is 2.34. The van der Waals surface area contributed by atoms with E-state index in [9.17, 15) is 4.79 Å². The van der Waals surface area contributed by atoms with Crippen molar-refractivity contribution in [1.29, 1.82) is 0 Å². The van der Waals surface area contributed by atoms with Crippen LogP contribution in [-0.2, 0) is 0 Å². The van der Waals surface area contributed by atoms with Crippen molar-refractivity contribution in [3.05, 3.63) is 48.2 Å². The zero-order valence-electron chi connectivity index (χ0n) is 18.6. The van der Waals surface area contributed by atoms with Gasteiger partial charge in [0.2, 0.25) is 0 Å². The second-order valence-electron chi connectivity index (χ2n) is 9.36. The van der Waals surface area contributed by atoms with Crippen LogP contribution in [0.2, 0.25) is 0 Å². The fourth-order valence-electron chi connectivity index (χ4n) is 5.04. The van der Waals surface area contributed by atoms with E-state index in [1.165, 1.54) is 6.42 Å². The molecule has 1 aromatic carbocycles. The average Bonchev–Trinajstić information content (AvgIpc) is 3.11. The van der Waals surface area contributed by atoms with Gasteiger partial charge in [0.1, 0.15) is 5.65 Å². The largest absolute Gasteiger partial charge is 0.370 e. The van der Waals surface area contributed by atoms with Crippen LogP contribution in [0.1, 0.15) is 44.5 Å². The van der Waals surface area contributed by atoms with Crippen LogP contribution < -0.4 is 10.2 Å². The molecular formula is C25H29N5O. The summed E-state index contributed by atoms with van der Waals surface area (Å²) in [5.41, 5.74) is 5.05. The molecule has 3 aromatic heterocycles. The zero-order valence-corrected chi connectivity index (χ0v) is 18.6. The highest BCUT2D eigenvalue weighted by Gasteiger charge is 2.25. The van der Waals surface area contributed by atoms with Crippen LogP contribution in [-0.4, -0.2) is 39.4 Å². The maximum Gasteiger partial charge on any atom is 0.255 e. The van der Waals surface area contributed by atoms with E-state index in [-0.39, 0.29) is 11.9 Å². The Kier molecular flexibility index (Phi) is 4.80. The molecule has 1 fully saturated rings. The number of piperidine rings is 1. The monoisotopic (exact) mass is 415 g/mol. The molecule has 1 aliphatic heterocycles. The van der Waals surface area contributed by atoms with Gasteiger partial charge >= 0.3 is 0 Å². The number of anilines is 1. The van der Waals surface area contributed by atoms with Gasteiger partial charge < -0.3 is 10.2 Å². The van der Waals surface area contributed by atoms with E-state index in [2.05, 4.69) is 30.1 Å². The predicted molar refractivity (Wildman–Crippen MR) is 126 cm³/mol. The van der Waals surface area contributed by atoms with Crippen molar-refractivity contribution < 1.29 is 4.79 Å². The Morgan fingerprint density at radius 2 is 1.84 bits per heavy atom. The molecule has 4 aromatic rings. The van der Waals surface area contributed by atoms with Crippen molar-refractivity contribution in [2.75, 3.05) is 18.0 Å². The van der Waals surface area contributed by atoms with Gasteiger partial charge in [-0.3, -0.25) is 9.20 Å². The van der Waals surface area contributed by atoms with Crippen molar-refractivity contribution in [2.45, 2.75) is 40.2 Å². The number of fused-ring (bicyclic) bond motifs is 5. The SMILES string of the molecule is CC(C)NC(=O)c1cc2c(N3C[C@H](C)C[C@H](C)C3)ccnc2n2c1nc1ccccc12. The average molecular weight is 416 g/mol. The Hall–Kier alpha value is -3.15. The number of hydrogen-bond acceptors (Lipinski definition) is 4. The molecule has 0 unspecified atom stereocenters. The lowest BCUT2D eigenvalue weighted by Gasteiger charge is -2.37. The molecule has 1 N–H and O–H groups in total. The number of aromatic nitrogens is 3. The van der Waals surface area contributed by atoms with Crippen LogP contribution in [0, 0.1) is 11.8 Å². The highest BCUT2D eigenvalue weighted by molar-refractivity contribution is 6.07. The van der Waals surface area contributed by atoms with Crippen LogP contribution in [0.3, 0.4) is 0 Å². The summed E-state index contributed by atoms with van der Waals surface area (Å²) in [7, 11) is 0. The second kappa shape index (κ2) is 7.52. The fraction of sp³-hybridized carbons (Fsp3) is 0.400. The van der Waals surface area contributed by atoms with E-state index in [4.69, 9.17) is 9.97 Å². The summed E-state index contributed by atoms with van der Waals surface area (Å²) in [4.78, 5) is 25.2. The lowest BCUT2D eigenvalue weighted by atomic mass is 9.91. The Labute approximate surface area is 182 Å². The molecule has 4 heterocycles. The van der Waals surface area contributed by atoms with E-state index in [0.29, 0.717) is 23.0 Å². The summed E-state index contributed by atoms with van der Waals surface area (Å²) in [5, 5.41) is 4.04. The van der Waals surface area contributed by atoms with Crippen molar-refractivity contribution >= 4 is 39.3 Å². The van der Waals surface area contributed by atoms with Crippen molar-refractivity contribution in [2.24, 2.45) is 11.8 Å². The van der Waals surface area contributed by atoms with Crippen LogP contribution in [0.4, 0.5) is 5.69 Å². The highest BCUT2D eigenvalue weighted by atomic mass is 16.1. The Bertz CT molecular complexity index is 1280. The Balaban J connectivity index is 1.82. The maximum atomic E-state index is 13.2. The minimum absolute atomic E-state index is 0.0461.